The third-order valence-electron chi connectivity index (χ3n) is 2.31. The number of esters is 1. The average molecular weight is 237 g/mol. The molecular formula is C12H9ClO3. The predicted molar refractivity (Wildman–Crippen MR) is 62.0 cm³/mol. The third-order valence-corrected chi connectivity index (χ3v) is 2.55. The van der Waals surface area contributed by atoms with Crippen LogP contribution in [0.4, 0.5) is 0 Å². The van der Waals surface area contributed by atoms with Crippen LogP contribution in [0.25, 0.3) is 10.8 Å². The highest BCUT2D eigenvalue weighted by Gasteiger charge is 2.09. The van der Waals surface area contributed by atoms with E-state index in [1.165, 1.54) is 13.2 Å². The Morgan fingerprint density at radius 3 is 2.75 bits per heavy atom. The topological polar surface area (TPSA) is 46.5 Å². The van der Waals surface area contributed by atoms with E-state index in [1.807, 2.05) is 0 Å². The Balaban J connectivity index is 2.69. The lowest BCUT2D eigenvalue weighted by Gasteiger charge is -2.05. The molecule has 0 saturated heterocycles. The van der Waals surface area contributed by atoms with Crippen molar-refractivity contribution in [1.82, 2.24) is 0 Å². The van der Waals surface area contributed by atoms with Crippen molar-refractivity contribution < 1.29 is 14.6 Å². The van der Waals surface area contributed by atoms with Gasteiger partial charge in [-0.15, -0.1) is 0 Å². The maximum atomic E-state index is 11.3. The predicted octanol–water partition coefficient (Wildman–Crippen LogP) is 2.99. The van der Waals surface area contributed by atoms with E-state index in [-0.39, 0.29) is 5.75 Å². The fourth-order valence-electron chi connectivity index (χ4n) is 1.56. The van der Waals surface area contributed by atoms with E-state index in [9.17, 15) is 9.90 Å². The molecule has 0 aliphatic heterocycles. The molecule has 2 aromatic rings. The second-order valence-corrected chi connectivity index (χ2v) is 3.79. The molecule has 2 rings (SSSR count). The lowest BCUT2D eigenvalue weighted by Crippen LogP contribution is -2.00. The van der Waals surface area contributed by atoms with Crippen LogP contribution in [-0.2, 0) is 4.74 Å². The lowest BCUT2D eigenvalue weighted by atomic mass is 10.1. The maximum absolute atomic E-state index is 11.3. The summed E-state index contributed by atoms with van der Waals surface area (Å²) >= 11 is 5.84. The molecule has 4 heteroatoms. The molecule has 0 unspecified atom stereocenters. The van der Waals surface area contributed by atoms with Crippen LogP contribution in [0.5, 0.6) is 5.75 Å². The van der Waals surface area contributed by atoms with Crippen LogP contribution in [0.2, 0.25) is 5.02 Å². The summed E-state index contributed by atoms with van der Waals surface area (Å²) in [6, 6.07) is 8.08. The van der Waals surface area contributed by atoms with E-state index in [0.29, 0.717) is 21.4 Å². The Bertz CT molecular complexity index is 563. The molecule has 1 N–H and O–H groups in total. The molecule has 0 radical (unpaired) electrons. The van der Waals surface area contributed by atoms with Crippen molar-refractivity contribution in [2.75, 3.05) is 7.11 Å². The van der Waals surface area contributed by atoms with Crippen LogP contribution in [-0.4, -0.2) is 18.2 Å². The molecular weight excluding hydrogens is 228 g/mol. The van der Waals surface area contributed by atoms with Gasteiger partial charge in [0, 0.05) is 10.4 Å². The highest BCUT2D eigenvalue weighted by atomic mass is 35.5. The summed E-state index contributed by atoms with van der Waals surface area (Å²) in [7, 11) is 1.29. The molecule has 0 saturated carbocycles. The van der Waals surface area contributed by atoms with Crippen molar-refractivity contribution >= 4 is 28.3 Å². The molecule has 0 fully saturated rings. The fraction of sp³-hybridized carbons (Fsp3) is 0.0833. The summed E-state index contributed by atoms with van der Waals surface area (Å²) in [4.78, 5) is 11.3. The van der Waals surface area contributed by atoms with Gasteiger partial charge in [0.2, 0.25) is 0 Å². The molecule has 0 aliphatic carbocycles. The first-order chi connectivity index (χ1) is 7.61. The van der Waals surface area contributed by atoms with Gasteiger partial charge in [0.05, 0.1) is 12.7 Å². The molecule has 3 nitrogen and oxygen atoms in total. The van der Waals surface area contributed by atoms with Gasteiger partial charge in [0.15, 0.2) is 0 Å². The van der Waals surface area contributed by atoms with Gasteiger partial charge < -0.3 is 9.84 Å². The van der Waals surface area contributed by atoms with E-state index in [0.717, 1.165) is 0 Å². The summed E-state index contributed by atoms with van der Waals surface area (Å²) in [5, 5.41) is 11.6. The molecule has 0 spiro atoms. The van der Waals surface area contributed by atoms with E-state index in [4.69, 9.17) is 11.6 Å². The Morgan fingerprint density at radius 1 is 1.31 bits per heavy atom. The minimum Gasteiger partial charge on any atom is -0.507 e. The van der Waals surface area contributed by atoms with Crippen LogP contribution >= 0.6 is 11.6 Å². The Labute approximate surface area is 97.2 Å². The SMILES string of the molecule is COC(=O)c1cc(O)c2ccc(Cl)cc2c1. The van der Waals surface area contributed by atoms with Crippen molar-refractivity contribution in [3.8, 4) is 5.75 Å². The van der Waals surface area contributed by atoms with Gasteiger partial charge >= 0.3 is 5.97 Å². The monoisotopic (exact) mass is 236 g/mol. The molecule has 0 bridgehead atoms. The number of hydrogen-bond donors (Lipinski definition) is 1. The number of phenols is 1. The number of aromatic hydroxyl groups is 1. The van der Waals surface area contributed by atoms with Crippen LogP contribution in [0, 0.1) is 0 Å². The van der Waals surface area contributed by atoms with Crippen LogP contribution in [0.15, 0.2) is 30.3 Å². The second-order valence-electron chi connectivity index (χ2n) is 3.35. The zero-order valence-electron chi connectivity index (χ0n) is 8.53. The minimum atomic E-state index is -0.489. The van der Waals surface area contributed by atoms with Gasteiger partial charge in [0.25, 0.3) is 0 Å². The molecule has 82 valence electrons. The number of phenolic OH excluding ortho intramolecular Hbond substituents is 1. The van der Waals surface area contributed by atoms with Gasteiger partial charge in [-0.2, -0.15) is 0 Å². The molecule has 0 atom stereocenters. The first-order valence-corrected chi connectivity index (χ1v) is 5.00. The zero-order valence-corrected chi connectivity index (χ0v) is 9.28. The summed E-state index contributed by atoms with van der Waals surface area (Å²) < 4.78 is 4.59. The number of hydrogen-bond acceptors (Lipinski definition) is 3. The van der Waals surface area contributed by atoms with Crippen molar-refractivity contribution in [2.45, 2.75) is 0 Å². The summed E-state index contributed by atoms with van der Waals surface area (Å²) in [5.41, 5.74) is 0.301. The summed E-state index contributed by atoms with van der Waals surface area (Å²) in [5.74, 6) is -0.452. The molecule has 2 aromatic carbocycles. The van der Waals surface area contributed by atoms with E-state index >= 15 is 0 Å². The number of benzene rings is 2. The second kappa shape index (κ2) is 4.02. The number of fused-ring (bicyclic) bond motifs is 1. The van der Waals surface area contributed by atoms with Crippen LogP contribution in [0.3, 0.4) is 0 Å². The standard InChI is InChI=1S/C12H9ClO3/c1-16-12(15)8-4-7-5-9(13)2-3-10(7)11(14)6-8/h2-6,14H,1H3. The van der Waals surface area contributed by atoms with Gasteiger partial charge in [-0.3, -0.25) is 0 Å². The summed E-state index contributed by atoms with van der Waals surface area (Å²) in [6.45, 7) is 0. The molecule has 0 aliphatic rings. The lowest BCUT2D eigenvalue weighted by molar-refractivity contribution is 0.0600. The molecule has 0 heterocycles. The average Bonchev–Trinajstić information content (AvgIpc) is 2.27. The largest absolute Gasteiger partial charge is 0.507 e. The highest BCUT2D eigenvalue weighted by molar-refractivity contribution is 6.31. The number of halogens is 1. The van der Waals surface area contributed by atoms with Crippen LogP contribution < -0.4 is 0 Å². The maximum Gasteiger partial charge on any atom is 0.338 e. The quantitative estimate of drug-likeness (QED) is 0.775. The van der Waals surface area contributed by atoms with Gasteiger partial charge in [0.1, 0.15) is 5.75 Å². The first-order valence-electron chi connectivity index (χ1n) is 4.62. The van der Waals surface area contributed by atoms with Gasteiger partial charge in [-0.1, -0.05) is 11.6 Å². The zero-order chi connectivity index (χ0) is 11.7. The first kappa shape index (κ1) is 10.8. The third kappa shape index (κ3) is 1.82. The van der Waals surface area contributed by atoms with Gasteiger partial charge in [-0.05, 0) is 35.7 Å². The van der Waals surface area contributed by atoms with E-state index < -0.39 is 5.97 Å². The Morgan fingerprint density at radius 2 is 2.06 bits per heavy atom. The number of carbonyl (C=O) groups excluding carboxylic acids is 1. The highest BCUT2D eigenvalue weighted by Crippen LogP contribution is 2.28. The Hall–Kier alpha value is -1.74. The summed E-state index contributed by atoms with van der Waals surface area (Å²) in [6.07, 6.45) is 0. The van der Waals surface area contributed by atoms with E-state index in [1.54, 1.807) is 24.3 Å². The van der Waals surface area contributed by atoms with Crippen molar-refractivity contribution in [1.29, 1.82) is 0 Å². The normalized spacial score (nSPS) is 10.4. The van der Waals surface area contributed by atoms with Crippen molar-refractivity contribution in [3.05, 3.63) is 40.9 Å². The number of ether oxygens (including phenoxy) is 1. The smallest absolute Gasteiger partial charge is 0.338 e. The minimum absolute atomic E-state index is 0.0366. The van der Waals surface area contributed by atoms with E-state index in [2.05, 4.69) is 4.74 Å². The number of carbonyl (C=O) groups is 1. The van der Waals surface area contributed by atoms with Crippen molar-refractivity contribution in [3.63, 3.8) is 0 Å². The molecule has 0 amide bonds. The molecule has 0 aromatic heterocycles. The van der Waals surface area contributed by atoms with Gasteiger partial charge in [-0.25, -0.2) is 4.79 Å². The number of methoxy groups -OCH3 is 1. The number of rotatable bonds is 1. The molecule has 16 heavy (non-hydrogen) atoms. The van der Waals surface area contributed by atoms with Crippen molar-refractivity contribution in [2.24, 2.45) is 0 Å². The fourth-order valence-corrected chi connectivity index (χ4v) is 1.74. The Kier molecular flexibility index (Phi) is 2.71. The van der Waals surface area contributed by atoms with Crippen LogP contribution in [0.1, 0.15) is 10.4 Å².